The van der Waals surface area contributed by atoms with Crippen LogP contribution in [0.2, 0.25) is 10.0 Å². The van der Waals surface area contributed by atoms with Crippen LogP contribution in [-0.4, -0.2) is 7.11 Å². The lowest BCUT2D eigenvalue weighted by Crippen LogP contribution is -1.98. The highest BCUT2D eigenvalue weighted by molar-refractivity contribution is 6.35. The summed E-state index contributed by atoms with van der Waals surface area (Å²) in [5.74, 6) is 1.19. The Morgan fingerprint density at radius 1 is 1.14 bits per heavy atom. The minimum atomic E-state index is 0.305. The standard InChI is InChI=1S/C17H13Cl2NO2/c1-21-17-9-12(3-2-8-20)4-7-16(17)22-11-13-5-6-14(18)10-15(13)19/h2-7,9-10H,11H2,1H3. The Balaban J connectivity index is 2.15. The fourth-order valence-electron chi connectivity index (χ4n) is 1.83. The van der Waals surface area contributed by atoms with Gasteiger partial charge in [0.1, 0.15) is 6.61 Å². The molecule has 0 aliphatic heterocycles. The van der Waals surface area contributed by atoms with Crippen LogP contribution in [0.25, 0.3) is 6.08 Å². The molecule has 0 radical (unpaired) electrons. The molecule has 0 aliphatic rings. The van der Waals surface area contributed by atoms with Gasteiger partial charge in [-0.05, 0) is 35.9 Å². The van der Waals surface area contributed by atoms with Crippen molar-refractivity contribution in [3.05, 3.63) is 63.6 Å². The van der Waals surface area contributed by atoms with Crippen molar-refractivity contribution in [1.29, 1.82) is 5.26 Å². The maximum atomic E-state index is 8.55. The van der Waals surface area contributed by atoms with Gasteiger partial charge in [-0.2, -0.15) is 5.26 Å². The number of hydrogen-bond donors (Lipinski definition) is 0. The first-order valence-corrected chi connectivity index (χ1v) is 7.20. The molecule has 3 nitrogen and oxygen atoms in total. The van der Waals surface area contributed by atoms with Gasteiger partial charge >= 0.3 is 0 Å². The van der Waals surface area contributed by atoms with Gasteiger partial charge in [0, 0.05) is 21.7 Å². The number of halogens is 2. The molecule has 0 atom stereocenters. The molecule has 0 amide bonds. The number of methoxy groups -OCH3 is 1. The summed E-state index contributed by atoms with van der Waals surface area (Å²) in [6.07, 6.45) is 3.10. The molecule has 2 rings (SSSR count). The highest BCUT2D eigenvalue weighted by atomic mass is 35.5. The second-order valence-corrected chi connectivity index (χ2v) is 5.24. The van der Waals surface area contributed by atoms with Crippen LogP contribution in [0.5, 0.6) is 11.5 Å². The lowest BCUT2D eigenvalue weighted by Gasteiger charge is -2.12. The van der Waals surface area contributed by atoms with Gasteiger partial charge in [-0.1, -0.05) is 35.3 Å². The number of rotatable bonds is 5. The predicted molar refractivity (Wildman–Crippen MR) is 88.4 cm³/mol. The third kappa shape index (κ3) is 4.17. The Labute approximate surface area is 139 Å². The molecule has 5 heteroatoms. The number of nitriles is 1. The van der Waals surface area contributed by atoms with Crippen molar-refractivity contribution < 1.29 is 9.47 Å². The quantitative estimate of drug-likeness (QED) is 0.713. The van der Waals surface area contributed by atoms with Gasteiger partial charge in [0.25, 0.3) is 0 Å². The van der Waals surface area contributed by atoms with Crippen LogP contribution in [0.1, 0.15) is 11.1 Å². The van der Waals surface area contributed by atoms with Gasteiger partial charge in [-0.25, -0.2) is 0 Å². The van der Waals surface area contributed by atoms with Crippen LogP contribution >= 0.6 is 23.2 Å². The molecule has 0 aromatic heterocycles. The Morgan fingerprint density at radius 2 is 1.95 bits per heavy atom. The molecule has 0 bridgehead atoms. The molecule has 22 heavy (non-hydrogen) atoms. The smallest absolute Gasteiger partial charge is 0.161 e. The molecule has 2 aromatic carbocycles. The summed E-state index contributed by atoms with van der Waals surface area (Å²) in [5, 5.41) is 9.69. The van der Waals surface area contributed by atoms with Crippen LogP contribution in [0, 0.1) is 11.3 Å². The average molecular weight is 334 g/mol. The van der Waals surface area contributed by atoms with Crippen molar-refractivity contribution >= 4 is 29.3 Å². The first kappa shape index (κ1) is 16.2. The van der Waals surface area contributed by atoms with E-state index in [4.69, 9.17) is 37.9 Å². The van der Waals surface area contributed by atoms with Gasteiger partial charge < -0.3 is 9.47 Å². The van der Waals surface area contributed by atoms with E-state index in [2.05, 4.69) is 0 Å². The van der Waals surface area contributed by atoms with Crippen LogP contribution < -0.4 is 9.47 Å². The number of nitrogens with zero attached hydrogens (tertiary/aromatic N) is 1. The fourth-order valence-corrected chi connectivity index (χ4v) is 2.30. The van der Waals surface area contributed by atoms with E-state index in [9.17, 15) is 0 Å². The highest BCUT2D eigenvalue weighted by Crippen LogP contribution is 2.30. The third-order valence-corrected chi connectivity index (χ3v) is 3.52. The maximum Gasteiger partial charge on any atom is 0.161 e. The molecule has 0 unspecified atom stereocenters. The largest absolute Gasteiger partial charge is 0.493 e. The summed E-state index contributed by atoms with van der Waals surface area (Å²) < 4.78 is 11.1. The number of allylic oxidation sites excluding steroid dienone is 1. The zero-order chi connectivity index (χ0) is 15.9. The van der Waals surface area contributed by atoms with Crippen LogP contribution in [0.15, 0.2) is 42.5 Å². The van der Waals surface area contributed by atoms with E-state index in [0.29, 0.717) is 28.2 Å². The zero-order valence-corrected chi connectivity index (χ0v) is 13.4. The van der Waals surface area contributed by atoms with Gasteiger partial charge in [-0.15, -0.1) is 0 Å². The summed E-state index contributed by atoms with van der Waals surface area (Å²) in [5.41, 5.74) is 1.69. The van der Waals surface area contributed by atoms with E-state index >= 15 is 0 Å². The van der Waals surface area contributed by atoms with E-state index in [1.807, 2.05) is 18.2 Å². The summed E-state index contributed by atoms with van der Waals surface area (Å²) in [7, 11) is 1.56. The minimum Gasteiger partial charge on any atom is -0.493 e. The van der Waals surface area contributed by atoms with Crippen molar-refractivity contribution in [3.63, 3.8) is 0 Å². The monoisotopic (exact) mass is 333 g/mol. The Bertz CT molecular complexity index is 736. The topological polar surface area (TPSA) is 42.2 Å². The number of benzene rings is 2. The molecule has 2 aromatic rings. The van der Waals surface area contributed by atoms with Crippen molar-refractivity contribution in [3.8, 4) is 17.6 Å². The molecule has 0 aliphatic carbocycles. The Kier molecular flexibility index (Phi) is 5.71. The molecule has 112 valence electrons. The zero-order valence-electron chi connectivity index (χ0n) is 11.8. The van der Waals surface area contributed by atoms with Crippen molar-refractivity contribution in [2.24, 2.45) is 0 Å². The van der Waals surface area contributed by atoms with Gasteiger partial charge in [0.15, 0.2) is 11.5 Å². The van der Waals surface area contributed by atoms with Crippen LogP contribution in [0.3, 0.4) is 0 Å². The van der Waals surface area contributed by atoms with Crippen molar-refractivity contribution in [1.82, 2.24) is 0 Å². The molecule has 0 spiro atoms. The summed E-state index contributed by atoms with van der Waals surface area (Å²) in [4.78, 5) is 0. The van der Waals surface area contributed by atoms with Gasteiger partial charge in [-0.3, -0.25) is 0 Å². The lowest BCUT2D eigenvalue weighted by molar-refractivity contribution is 0.284. The average Bonchev–Trinajstić information content (AvgIpc) is 2.52. The van der Waals surface area contributed by atoms with Crippen molar-refractivity contribution in [2.45, 2.75) is 6.61 Å². The lowest BCUT2D eigenvalue weighted by atomic mass is 10.2. The van der Waals surface area contributed by atoms with E-state index in [0.717, 1.165) is 11.1 Å². The normalized spacial score (nSPS) is 10.5. The Morgan fingerprint density at radius 3 is 2.64 bits per heavy atom. The maximum absolute atomic E-state index is 8.55. The first-order valence-electron chi connectivity index (χ1n) is 6.45. The third-order valence-electron chi connectivity index (χ3n) is 2.94. The SMILES string of the molecule is COc1cc(C=CC#N)ccc1OCc1ccc(Cl)cc1Cl. The van der Waals surface area contributed by atoms with Crippen LogP contribution in [0.4, 0.5) is 0 Å². The highest BCUT2D eigenvalue weighted by Gasteiger charge is 2.07. The predicted octanol–water partition coefficient (Wildman–Crippen LogP) is 5.12. The Hall–Kier alpha value is -2.15. The molecule has 0 heterocycles. The van der Waals surface area contributed by atoms with E-state index in [-0.39, 0.29) is 0 Å². The summed E-state index contributed by atoms with van der Waals surface area (Å²) in [6.45, 7) is 0.305. The first-order chi connectivity index (χ1) is 10.6. The summed E-state index contributed by atoms with van der Waals surface area (Å²) >= 11 is 12.0. The summed E-state index contributed by atoms with van der Waals surface area (Å²) in [6, 6.07) is 12.6. The molecule has 0 fully saturated rings. The second-order valence-electron chi connectivity index (χ2n) is 4.40. The number of ether oxygens (including phenoxy) is 2. The molecular formula is C17H13Cl2NO2. The van der Waals surface area contributed by atoms with Crippen molar-refractivity contribution in [2.75, 3.05) is 7.11 Å². The molecular weight excluding hydrogens is 321 g/mol. The minimum absolute atomic E-state index is 0.305. The molecule has 0 saturated carbocycles. The number of hydrogen-bond acceptors (Lipinski definition) is 3. The van der Waals surface area contributed by atoms with E-state index < -0.39 is 0 Å². The van der Waals surface area contributed by atoms with E-state index in [1.165, 1.54) is 6.08 Å². The van der Waals surface area contributed by atoms with Crippen LogP contribution in [-0.2, 0) is 6.61 Å². The fraction of sp³-hybridized carbons (Fsp3) is 0.118. The van der Waals surface area contributed by atoms with Gasteiger partial charge in [0.05, 0.1) is 13.2 Å². The second kappa shape index (κ2) is 7.74. The van der Waals surface area contributed by atoms with Gasteiger partial charge in [0.2, 0.25) is 0 Å². The van der Waals surface area contributed by atoms with E-state index in [1.54, 1.807) is 37.5 Å². The molecule has 0 saturated heterocycles. The molecule has 0 N–H and O–H groups in total.